The maximum absolute atomic E-state index is 13.2. The van der Waals surface area contributed by atoms with Gasteiger partial charge in [-0.05, 0) is 50.8 Å². The highest BCUT2D eigenvalue weighted by atomic mass is 16.5. The third kappa shape index (κ3) is 3.58. The van der Waals surface area contributed by atoms with Gasteiger partial charge in [0, 0.05) is 43.3 Å². The van der Waals surface area contributed by atoms with Crippen molar-refractivity contribution in [1.82, 2.24) is 15.0 Å². The van der Waals surface area contributed by atoms with Crippen molar-refractivity contribution in [2.45, 2.75) is 39.3 Å². The number of hydrogen-bond acceptors (Lipinski definition) is 5. The fraction of sp³-hybridized carbons (Fsp3) is 0.524. The standard InChI is InChI=1S/C21H27N3O3/c1-14-20(15(2)27-22-14)13-23-10-16-7-8-18(12-23)24(11-16)21(25)17-5-4-6-19(9-17)26-3/h4-6,9,16,18H,7-8,10-13H2,1-3H3/t16-,18+/m1/s1. The molecular weight excluding hydrogens is 342 g/mol. The van der Waals surface area contributed by atoms with E-state index in [2.05, 4.69) is 15.0 Å². The van der Waals surface area contributed by atoms with Gasteiger partial charge in [0.2, 0.25) is 0 Å². The van der Waals surface area contributed by atoms with Crippen LogP contribution in [0.15, 0.2) is 28.8 Å². The van der Waals surface area contributed by atoms with Crippen LogP contribution in [0.25, 0.3) is 0 Å². The molecule has 0 radical (unpaired) electrons. The first-order chi connectivity index (χ1) is 13.0. The van der Waals surface area contributed by atoms with E-state index >= 15 is 0 Å². The predicted molar refractivity (Wildman–Crippen MR) is 102 cm³/mol. The van der Waals surface area contributed by atoms with Crippen molar-refractivity contribution < 1.29 is 14.1 Å². The van der Waals surface area contributed by atoms with Crippen molar-refractivity contribution in [3.63, 3.8) is 0 Å². The summed E-state index contributed by atoms with van der Waals surface area (Å²) in [6.07, 6.45) is 2.25. The molecule has 1 aromatic carbocycles. The Morgan fingerprint density at radius 2 is 2.11 bits per heavy atom. The topological polar surface area (TPSA) is 58.8 Å². The summed E-state index contributed by atoms with van der Waals surface area (Å²) in [5, 5.41) is 4.08. The number of rotatable bonds is 4. The average molecular weight is 369 g/mol. The van der Waals surface area contributed by atoms with E-state index in [0.717, 1.165) is 49.8 Å². The number of aryl methyl sites for hydroxylation is 2. The lowest BCUT2D eigenvalue weighted by molar-refractivity contribution is 0.0584. The summed E-state index contributed by atoms with van der Waals surface area (Å²) in [6, 6.07) is 7.72. The molecule has 6 heteroatoms. The van der Waals surface area contributed by atoms with Crippen molar-refractivity contribution in [3.05, 3.63) is 46.8 Å². The van der Waals surface area contributed by atoms with Gasteiger partial charge >= 0.3 is 0 Å². The molecule has 0 spiro atoms. The molecule has 6 nitrogen and oxygen atoms in total. The summed E-state index contributed by atoms with van der Waals surface area (Å²) in [5.41, 5.74) is 2.86. The summed E-state index contributed by atoms with van der Waals surface area (Å²) >= 11 is 0. The molecule has 27 heavy (non-hydrogen) atoms. The smallest absolute Gasteiger partial charge is 0.254 e. The van der Waals surface area contributed by atoms with E-state index in [1.807, 2.05) is 38.1 Å². The molecule has 3 aliphatic heterocycles. The summed E-state index contributed by atoms with van der Waals surface area (Å²) in [5.74, 6) is 2.25. The zero-order valence-electron chi connectivity index (χ0n) is 16.3. The number of ether oxygens (including phenoxy) is 1. The van der Waals surface area contributed by atoms with Gasteiger partial charge in [-0.25, -0.2) is 0 Å². The van der Waals surface area contributed by atoms with Crippen LogP contribution in [0, 0.1) is 19.8 Å². The molecule has 0 N–H and O–H groups in total. The molecule has 4 heterocycles. The second-order valence-electron chi connectivity index (χ2n) is 7.78. The number of carbonyl (C=O) groups excluding carboxylic acids is 1. The van der Waals surface area contributed by atoms with E-state index in [0.29, 0.717) is 11.5 Å². The minimum atomic E-state index is 0.114. The van der Waals surface area contributed by atoms with Crippen LogP contribution in [0.2, 0.25) is 0 Å². The third-order valence-corrected chi connectivity index (χ3v) is 5.93. The Bertz CT molecular complexity index is 812. The van der Waals surface area contributed by atoms with Crippen LogP contribution in [0.4, 0.5) is 0 Å². The van der Waals surface area contributed by atoms with Crippen LogP contribution in [-0.4, -0.2) is 53.6 Å². The van der Waals surface area contributed by atoms with Crippen LogP contribution in [0.3, 0.4) is 0 Å². The first kappa shape index (κ1) is 18.0. The lowest BCUT2D eigenvalue weighted by Gasteiger charge is -2.36. The second-order valence-corrected chi connectivity index (χ2v) is 7.78. The molecule has 3 saturated heterocycles. The predicted octanol–water partition coefficient (Wildman–Crippen LogP) is 3.04. The quantitative estimate of drug-likeness (QED) is 0.829. The minimum Gasteiger partial charge on any atom is -0.497 e. The molecule has 3 aliphatic rings. The molecule has 0 unspecified atom stereocenters. The molecule has 144 valence electrons. The Morgan fingerprint density at radius 1 is 1.26 bits per heavy atom. The van der Waals surface area contributed by atoms with E-state index in [1.54, 1.807) is 7.11 Å². The van der Waals surface area contributed by atoms with Gasteiger partial charge in [-0.3, -0.25) is 9.69 Å². The van der Waals surface area contributed by atoms with Crippen molar-refractivity contribution >= 4 is 5.91 Å². The molecule has 2 bridgehead atoms. The molecule has 1 amide bonds. The number of aromatic nitrogens is 1. The van der Waals surface area contributed by atoms with Crippen LogP contribution in [0.5, 0.6) is 5.75 Å². The van der Waals surface area contributed by atoms with Gasteiger partial charge in [0.1, 0.15) is 11.5 Å². The summed E-state index contributed by atoms with van der Waals surface area (Å²) in [7, 11) is 1.63. The van der Waals surface area contributed by atoms with Crippen LogP contribution in [-0.2, 0) is 6.54 Å². The first-order valence-corrected chi connectivity index (χ1v) is 9.64. The molecule has 2 aromatic rings. The molecular formula is C21H27N3O3. The molecule has 2 atom stereocenters. The second kappa shape index (κ2) is 7.35. The van der Waals surface area contributed by atoms with E-state index in [-0.39, 0.29) is 11.9 Å². The number of piperidine rings is 1. The number of fused-ring (bicyclic) bond motifs is 4. The van der Waals surface area contributed by atoms with Crippen molar-refractivity contribution in [2.75, 3.05) is 26.7 Å². The van der Waals surface area contributed by atoms with E-state index in [1.165, 1.54) is 12.0 Å². The highest BCUT2D eigenvalue weighted by Gasteiger charge is 2.37. The molecule has 5 rings (SSSR count). The number of amides is 1. The fourth-order valence-electron chi connectivity index (χ4n) is 4.43. The Morgan fingerprint density at radius 3 is 2.85 bits per heavy atom. The highest BCUT2D eigenvalue weighted by molar-refractivity contribution is 5.95. The number of carbonyl (C=O) groups is 1. The monoisotopic (exact) mass is 369 g/mol. The SMILES string of the molecule is COc1cccc(C(=O)N2C[C@@H]3CC[C@H]2CN(Cc2c(C)noc2C)C3)c1. The summed E-state index contributed by atoms with van der Waals surface area (Å²) in [6.45, 7) is 7.56. The van der Waals surface area contributed by atoms with Gasteiger partial charge in [0.05, 0.1) is 12.8 Å². The van der Waals surface area contributed by atoms with Gasteiger partial charge in [-0.15, -0.1) is 0 Å². The maximum Gasteiger partial charge on any atom is 0.254 e. The molecule has 0 saturated carbocycles. The third-order valence-electron chi connectivity index (χ3n) is 5.93. The first-order valence-electron chi connectivity index (χ1n) is 9.64. The van der Waals surface area contributed by atoms with Gasteiger partial charge in [0.15, 0.2) is 0 Å². The van der Waals surface area contributed by atoms with Gasteiger partial charge in [-0.1, -0.05) is 11.2 Å². The average Bonchev–Trinajstić information content (AvgIpc) is 2.86. The Hall–Kier alpha value is -2.34. The zero-order valence-corrected chi connectivity index (χ0v) is 16.3. The number of nitrogens with zero attached hydrogens (tertiary/aromatic N) is 3. The normalized spacial score (nSPS) is 22.7. The van der Waals surface area contributed by atoms with Crippen LogP contribution >= 0.6 is 0 Å². The number of hydrogen-bond donors (Lipinski definition) is 0. The van der Waals surface area contributed by atoms with E-state index in [9.17, 15) is 4.79 Å². The van der Waals surface area contributed by atoms with Crippen LogP contribution in [0.1, 0.15) is 40.2 Å². The maximum atomic E-state index is 13.2. The lowest BCUT2D eigenvalue weighted by atomic mass is 9.94. The van der Waals surface area contributed by atoms with Crippen molar-refractivity contribution in [2.24, 2.45) is 5.92 Å². The molecule has 0 aliphatic carbocycles. The highest BCUT2D eigenvalue weighted by Crippen LogP contribution is 2.31. The Balaban J connectivity index is 1.52. The fourth-order valence-corrected chi connectivity index (χ4v) is 4.43. The number of benzene rings is 1. The largest absolute Gasteiger partial charge is 0.497 e. The van der Waals surface area contributed by atoms with Gasteiger partial charge in [-0.2, -0.15) is 0 Å². The summed E-state index contributed by atoms with van der Waals surface area (Å²) < 4.78 is 10.6. The Labute approximate surface area is 160 Å². The van der Waals surface area contributed by atoms with Gasteiger partial charge < -0.3 is 14.2 Å². The summed E-state index contributed by atoms with van der Waals surface area (Å²) in [4.78, 5) is 17.7. The number of methoxy groups -OCH3 is 1. The lowest BCUT2D eigenvalue weighted by Crippen LogP contribution is -2.47. The minimum absolute atomic E-state index is 0.114. The molecule has 3 fully saturated rings. The molecule has 1 aromatic heterocycles. The Kier molecular flexibility index (Phi) is 4.91. The zero-order chi connectivity index (χ0) is 19.0. The van der Waals surface area contributed by atoms with Crippen molar-refractivity contribution in [1.29, 1.82) is 0 Å². The van der Waals surface area contributed by atoms with Gasteiger partial charge in [0.25, 0.3) is 5.91 Å². The van der Waals surface area contributed by atoms with Crippen molar-refractivity contribution in [3.8, 4) is 5.75 Å². The van der Waals surface area contributed by atoms with E-state index < -0.39 is 0 Å². The van der Waals surface area contributed by atoms with Crippen LogP contribution < -0.4 is 4.74 Å². The van der Waals surface area contributed by atoms with E-state index in [4.69, 9.17) is 9.26 Å².